The summed E-state index contributed by atoms with van der Waals surface area (Å²) in [6, 6.07) is 4.63. The molecule has 0 atom stereocenters. The van der Waals surface area contributed by atoms with E-state index in [4.69, 9.17) is 5.26 Å². The molecule has 0 aliphatic carbocycles. The van der Waals surface area contributed by atoms with Crippen molar-refractivity contribution in [3.8, 4) is 6.07 Å². The molecule has 2 rings (SSSR count). The summed E-state index contributed by atoms with van der Waals surface area (Å²) in [5, 5.41) is 12.4. The standard InChI is InChI=1S/C12H15BrN4/c1-15-11-2-4-17(5-3-11)12-9(7-14)6-10(13)8-16-12/h6,8,11,15H,2-5H2,1H3. The second kappa shape index (κ2) is 5.48. The van der Waals surface area contributed by atoms with Gasteiger partial charge >= 0.3 is 0 Å². The minimum absolute atomic E-state index is 0.590. The van der Waals surface area contributed by atoms with E-state index < -0.39 is 0 Å². The van der Waals surface area contributed by atoms with Crippen molar-refractivity contribution >= 4 is 21.7 Å². The summed E-state index contributed by atoms with van der Waals surface area (Å²) in [6.07, 6.45) is 3.94. The number of pyridine rings is 1. The Kier molecular flexibility index (Phi) is 3.97. The van der Waals surface area contributed by atoms with Crippen LogP contribution in [0.4, 0.5) is 5.82 Å². The first kappa shape index (κ1) is 12.3. The van der Waals surface area contributed by atoms with Crippen LogP contribution in [-0.4, -0.2) is 31.2 Å². The van der Waals surface area contributed by atoms with E-state index in [0.717, 1.165) is 36.2 Å². The average Bonchev–Trinajstić information content (AvgIpc) is 2.39. The van der Waals surface area contributed by atoms with E-state index in [1.165, 1.54) is 0 Å². The molecule has 1 aromatic rings. The second-order valence-corrected chi connectivity index (χ2v) is 5.10. The van der Waals surface area contributed by atoms with Gasteiger partial charge in [0.15, 0.2) is 0 Å². The number of hydrogen-bond acceptors (Lipinski definition) is 4. The Morgan fingerprint density at radius 1 is 1.53 bits per heavy atom. The normalized spacial score (nSPS) is 16.9. The Hall–Kier alpha value is -1.12. The summed E-state index contributed by atoms with van der Waals surface area (Å²) in [5.74, 6) is 0.810. The van der Waals surface area contributed by atoms with Gasteiger partial charge in [-0.1, -0.05) is 0 Å². The molecule has 1 fully saturated rings. The molecule has 1 N–H and O–H groups in total. The summed E-state index contributed by atoms with van der Waals surface area (Å²) in [5.41, 5.74) is 0.641. The number of rotatable bonds is 2. The third-order valence-electron chi connectivity index (χ3n) is 3.16. The predicted octanol–water partition coefficient (Wildman–Crippen LogP) is 1.90. The van der Waals surface area contributed by atoms with E-state index in [-0.39, 0.29) is 0 Å². The highest BCUT2D eigenvalue weighted by Crippen LogP contribution is 2.23. The van der Waals surface area contributed by atoms with E-state index in [1.807, 2.05) is 13.1 Å². The van der Waals surface area contributed by atoms with Crippen LogP contribution >= 0.6 is 15.9 Å². The molecule has 0 aromatic carbocycles. The van der Waals surface area contributed by atoms with Gasteiger partial charge in [0.2, 0.25) is 0 Å². The number of nitriles is 1. The average molecular weight is 295 g/mol. The minimum atomic E-state index is 0.590. The number of halogens is 1. The van der Waals surface area contributed by atoms with Gasteiger partial charge in [-0.2, -0.15) is 5.26 Å². The van der Waals surface area contributed by atoms with Gasteiger partial charge in [0.1, 0.15) is 11.9 Å². The fraction of sp³-hybridized carbons (Fsp3) is 0.500. The lowest BCUT2D eigenvalue weighted by molar-refractivity contribution is 0.440. The largest absolute Gasteiger partial charge is 0.355 e. The van der Waals surface area contributed by atoms with Crippen molar-refractivity contribution in [3.05, 3.63) is 22.3 Å². The summed E-state index contributed by atoms with van der Waals surface area (Å²) in [7, 11) is 2.00. The Bertz CT molecular complexity index is 433. The molecule has 1 aromatic heterocycles. The summed E-state index contributed by atoms with van der Waals surface area (Å²) in [6.45, 7) is 1.91. The molecule has 90 valence electrons. The molecule has 2 heterocycles. The topological polar surface area (TPSA) is 52.0 Å². The molecule has 0 amide bonds. The lowest BCUT2D eigenvalue weighted by Crippen LogP contribution is -2.41. The fourth-order valence-electron chi connectivity index (χ4n) is 2.15. The van der Waals surface area contributed by atoms with Crippen molar-refractivity contribution in [1.82, 2.24) is 10.3 Å². The Morgan fingerprint density at radius 2 is 2.24 bits per heavy atom. The van der Waals surface area contributed by atoms with E-state index >= 15 is 0 Å². The second-order valence-electron chi connectivity index (χ2n) is 4.19. The van der Waals surface area contributed by atoms with Crippen LogP contribution in [0.5, 0.6) is 0 Å². The molecule has 4 nitrogen and oxygen atoms in total. The first-order valence-electron chi connectivity index (χ1n) is 5.72. The van der Waals surface area contributed by atoms with Crippen LogP contribution in [0, 0.1) is 11.3 Å². The number of hydrogen-bond donors (Lipinski definition) is 1. The number of aromatic nitrogens is 1. The van der Waals surface area contributed by atoms with Gasteiger partial charge < -0.3 is 10.2 Å². The van der Waals surface area contributed by atoms with Crippen LogP contribution in [-0.2, 0) is 0 Å². The molecular weight excluding hydrogens is 280 g/mol. The van der Waals surface area contributed by atoms with Crippen LogP contribution in [0.2, 0.25) is 0 Å². The lowest BCUT2D eigenvalue weighted by atomic mass is 10.0. The molecule has 0 saturated carbocycles. The van der Waals surface area contributed by atoms with Gasteiger partial charge in [-0.25, -0.2) is 4.98 Å². The van der Waals surface area contributed by atoms with Crippen molar-refractivity contribution in [3.63, 3.8) is 0 Å². The number of piperidine rings is 1. The highest BCUT2D eigenvalue weighted by Gasteiger charge is 2.20. The minimum Gasteiger partial charge on any atom is -0.355 e. The molecule has 1 saturated heterocycles. The molecule has 0 spiro atoms. The van der Waals surface area contributed by atoms with Gasteiger partial charge in [-0.3, -0.25) is 0 Å². The molecular formula is C12H15BrN4. The first-order chi connectivity index (χ1) is 8.24. The highest BCUT2D eigenvalue weighted by molar-refractivity contribution is 9.10. The van der Waals surface area contributed by atoms with Crippen molar-refractivity contribution in [2.75, 3.05) is 25.0 Å². The number of nitrogens with one attached hydrogen (secondary N) is 1. The zero-order valence-corrected chi connectivity index (χ0v) is 11.4. The number of nitrogens with zero attached hydrogens (tertiary/aromatic N) is 3. The molecule has 5 heteroatoms. The SMILES string of the molecule is CNC1CCN(c2ncc(Br)cc2C#N)CC1. The molecule has 0 bridgehead atoms. The maximum atomic E-state index is 9.12. The van der Waals surface area contributed by atoms with Crippen molar-refractivity contribution in [2.45, 2.75) is 18.9 Å². The monoisotopic (exact) mass is 294 g/mol. The predicted molar refractivity (Wildman–Crippen MR) is 70.9 cm³/mol. The van der Waals surface area contributed by atoms with Gasteiger partial charge in [0.25, 0.3) is 0 Å². The number of anilines is 1. The molecule has 0 unspecified atom stereocenters. The van der Waals surface area contributed by atoms with E-state index in [1.54, 1.807) is 6.20 Å². The van der Waals surface area contributed by atoms with Gasteiger partial charge in [0.05, 0.1) is 5.56 Å². The third kappa shape index (κ3) is 2.76. The lowest BCUT2D eigenvalue weighted by Gasteiger charge is -2.33. The fourth-order valence-corrected chi connectivity index (χ4v) is 2.48. The molecule has 1 aliphatic rings. The van der Waals surface area contributed by atoms with E-state index in [2.05, 4.69) is 37.2 Å². The third-order valence-corrected chi connectivity index (χ3v) is 3.59. The van der Waals surface area contributed by atoms with Gasteiger partial charge in [-0.15, -0.1) is 0 Å². The van der Waals surface area contributed by atoms with E-state index in [9.17, 15) is 0 Å². The summed E-state index contributed by atoms with van der Waals surface area (Å²) < 4.78 is 0.850. The Balaban J connectivity index is 2.16. The molecule has 1 aliphatic heterocycles. The Morgan fingerprint density at radius 3 is 2.82 bits per heavy atom. The maximum Gasteiger partial charge on any atom is 0.146 e. The summed E-state index contributed by atoms with van der Waals surface area (Å²) >= 11 is 3.34. The Labute approximate surface area is 110 Å². The summed E-state index contributed by atoms with van der Waals surface area (Å²) in [4.78, 5) is 6.55. The van der Waals surface area contributed by atoms with Crippen molar-refractivity contribution in [2.24, 2.45) is 0 Å². The maximum absolute atomic E-state index is 9.12. The van der Waals surface area contributed by atoms with Crippen LogP contribution in [0.15, 0.2) is 16.7 Å². The van der Waals surface area contributed by atoms with Gasteiger partial charge in [0, 0.05) is 29.8 Å². The quantitative estimate of drug-likeness (QED) is 0.905. The zero-order chi connectivity index (χ0) is 12.3. The van der Waals surface area contributed by atoms with Crippen LogP contribution in [0.3, 0.4) is 0 Å². The molecule has 0 radical (unpaired) electrons. The van der Waals surface area contributed by atoms with Crippen LogP contribution in [0.1, 0.15) is 18.4 Å². The van der Waals surface area contributed by atoms with E-state index in [0.29, 0.717) is 11.6 Å². The molecule has 17 heavy (non-hydrogen) atoms. The van der Waals surface area contributed by atoms with Crippen LogP contribution < -0.4 is 10.2 Å². The first-order valence-corrected chi connectivity index (χ1v) is 6.51. The zero-order valence-electron chi connectivity index (χ0n) is 9.78. The van der Waals surface area contributed by atoms with Gasteiger partial charge in [-0.05, 0) is 41.9 Å². The highest BCUT2D eigenvalue weighted by atomic mass is 79.9. The smallest absolute Gasteiger partial charge is 0.146 e. The van der Waals surface area contributed by atoms with Crippen molar-refractivity contribution in [1.29, 1.82) is 5.26 Å². The van der Waals surface area contributed by atoms with Crippen LogP contribution in [0.25, 0.3) is 0 Å². The van der Waals surface area contributed by atoms with Crippen molar-refractivity contribution < 1.29 is 0 Å².